The van der Waals surface area contributed by atoms with Crippen molar-refractivity contribution in [2.75, 3.05) is 0 Å². The lowest BCUT2D eigenvalue weighted by Crippen LogP contribution is -1.99. The minimum atomic E-state index is 0.218. The summed E-state index contributed by atoms with van der Waals surface area (Å²) in [7, 11) is 0. The first-order valence-electron chi connectivity index (χ1n) is 19.1. The van der Waals surface area contributed by atoms with Gasteiger partial charge in [-0.3, -0.25) is 0 Å². The number of hydrogen-bond donors (Lipinski definition) is 1. The average Bonchev–Trinajstić information content (AvgIpc) is 3.90. The predicted molar refractivity (Wildman–Crippen MR) is 231 cm³/mol. The number of para-hydroxylation sites is 2. The molecular weight excluding hydrogens is 665 g/mol. The molecule has 2 heteroatoms. The van der Waals surface area contributed by atoms with E-state index in [1.54, 1.807) is 0 Å². The van der Waals surface area contributed by atoms with Gasteiger partial charge in [-0.1, -0.05) is 146 Å². The number of aromatic amines is 1. The van der Waals surface area contributed by atoms with Crippen molar-refractivity contribution in [2.24, 2.45) is 0 Å². The topological polar surface area (TPSA) is 20.7 Å². The number of aromatic nitrogens is 2. The second kappa shape index (κ2) is 11.7. The molecule has 1 N–H and O–H groups in total. The van der Waals surface area contributed by atoms with E-state index < -0.39 is 0 Å². The van der Waals surface area contributed by atoms with Crippen molar-refractivity contribution >= 4 is 54.4 Å². The Morgan fingerprint density at radius 2 is 1.02 bits per heavy atom. The van der Waals surface area contributed by atoms with Crippen LogP contribution in [0.3, 0.4) is 0 Å². The van der Waals surface area contributed by atoms with Crippen LogP contribution in [0.25, 0.3) is 93.5 Å². The minimum absolute atomic E-state index is 0.218. The molecule has 0 radical (unpaired) electrons. The monoisotopic (exact) mass is 698 g/mol. The van der Waals surface area contributed by atoms with Gasteiger partial charge in [0.2, 0.25) is 0 Å². The maximum absolute atomic E-state index is 3.66. The molecule has 1 aliphatic rings. The molecule has 2 nitrogen and oxygen atoms in total. The molecule has 1 atom stereocenters. The molecule has 0 fully saturated rings. The summed E-state index contributed by atoms with van der Waals surface area (Å²) in [6.07, 6.45) is 0. The van der Waals surface area contributed by atoms with Gasteiger partial charge in [0.15, 0.2) is 0 Å². The lowest BCUT2D eigenvalue weighted by atomic mass is 9.88. The first-order chi connectivity index (χ1) is 27.3. The van der Waals surface area contributed by atoms with Crippen molar-refractivity contribution in [2.45, 2.75) is 5.92 Å². The van der Waals surface area contributed by atoms with E-state index in [1.165, 1.54) is 105 Å². The molecule has 2 heterocycles. The van der Waals surface area contributed by atoms with Crippen molar-refractivity contribution in [3.63, 3.8) is 0 Å². The van der Waals surface area contributed by atoms with Crippen LogP contribution in [-0.4, -0.2) is 9.55 Å². The Morgan fingerprint density at radius 1 is 0.364 bits per heavy atom. The second-order valence-corrected chi connectivity index (χ2v) is 15.0. The Bertz CT molecular complexity index is 3320. The van der Waals surface area contributed by atoms with Crippen LogP contribution in [0, 0.1) is 0 Å². The Morgan fingerprint density at radius 3 is 1.95 bits per heavy atom. The zero-order valence-electron chi connectivity index (χ0n) is 30.0. The molecule has 12 rings (SSSR count). The summed E-state index contributed by atoms with van der Waals surface area (Å²) in [6, 6.07) is 71.8. The number of benzene rings is 9. The molecule has 0 amide bonds. The van der Waals surface area contributed by atoms with Gasteiger partial charge in [-0.05, 0) is 104 Å². The molecule has 0 saturated carbocycles. The van der Waals surface area contributed by atoms with E-state index in [4.69, 9.17) is 0 Å². The summed E-state index contributed by atoms with van der Waals surface area (Å²) >= 11 is 0. The molecule has 11 aromatic rings. The standard InChI is InChI=1S/C53H34N2/c1-2-12-33(13-3-1)53-45-19-7-6-16-40(45)41-25-22-34(30-47(41)53)35-24-27-51-46(29-35)44-18-9-11-21-50(44)55(51)52-32-38(28-37-14-4-5-15-39(37)52)36-23-26-43-42-17-8-10-20-48(42)54-49(43)31-36/h1-32,53-54H. The summed E-state index contributed by atoms with van der Waals surface area (Å²) in [6.45, 7) is 0. The number of fused-ring (bicyclic) bond motifs is 10. The molecule has 55 heavy (non-hydrogen) atoms. The van der Waals surface area contributed by atoms with E-state index in [2.05, 4.69) is 204 Å². The van der Waals surface area contributed by atoms with Crippen LogP contribution in [0.2, 0.25) is 0 Å². The van der Waals surface area contributed by atoms with Crippen LogP contribution in [0.4, 0.5) is 0 Å². The van der Waals surface area contributed by atoms with E-state index >= 15 is 0 Å². The van der Waals surface area contributed by atoms with Crippen LogP contribution in [0.5, 0.6) is 0 Å². The maximum atomic E-state index is 3.66. The van der Waals surface area contributed by atoms with E-state index in [1.807, 2.05) is 0 Å². The highest BCUT2D eigenvalue weighted by molar-refractivity contribution is 6.12. The third-order valence-electron chi connectivity index (χ3n) is 12.0. The first-order valence-corrected chi connectivity index (χ1v) is 19.1. The summed E-state index contributed by atoms with van der Waals surface area (Å²) < 4.78 is 2.48. The third kappa shape index (κ3) is 4.55. The fourth-order valence-corrected chi connectivity index (χ4v) is 9.48. The average molecular weight is 699 g/mol. The number of nitrogens with one attached hydrogen (secondary N) is 1. The highest BCUT2D eigenvalue weighted by Gasteiger charge is 2.30. The normalized spacial score (nSPS) is 13.6. The molecule has 0 bridgehead atoms. The van der Waals surface area contributed by atoms with Gasteiger partial charge >= 0.3 is 0 Å². The molecular formula is C53H34N2. The molecule has 1 unspecified atom stereocenters. The van der Waals surface area contributed by atoms with E-state index in [9.17, 15) is 0 Å². The Kier molecular flexibility index (Phi) is 6.43. The summed E-state index contributed by atoms with van der Waals surface area (Å²) in [4.78, 5) is 3.66. The SMILES string of the molecule is c1ccc(C2c3ccccc3-c3ccc(-c4ccc5c(c4)c4ccccc4n5-c4cc(-c5ccc6c(c5)[nH]c5ccccc56)cc5ccccc45)cc32)cc1. The summed E-state index contributed by atoms with van der Waals surface area (Å²) in [5.41, 5.74) is 17.5. The van der Waals surface area contributed by atoms with Gasteiger partial charge in [0, 0.05) is 43.9 Å². The molecule has 0 saturated heterocycles. The van der Waals surface area contributed by atoms with Crippen LogP contribution in [0.1, 0.15) is 22.6 Å². The zero-order valence-corrected chi connectivity index (χ0v) is 30.0. The number of H-pyrrole nitrogens is 1. The van der Waals surface area contributed by atoms with Crippen LogP contribution < -0.4 is 0 Å². The van der Waals surface area contributed by atoms with Gasteiger partial charge in [-0.15, -0.1) is 0 Å². The van der Waals surface area contributed by atoms with E-state index in [-0.39, 0.29) is 5.92 Å². The Labute approximate surface area is 318 Å². The van der Waals surface area contributed by atoms with E-state index in [0.717, 1.165) is 5.52 Å². The lowest BCUT2D eigenvalue weighted by molar-refractivity contribution is 1.02. The van der Waals surface area contributed by atoms with Crippen molar-refractivity contribution in [3.05, 3.63) is 211 Å². The highest BCUT2D eigenvalue weighted by atomic mass is 15.0. The van der Waals surface area contributed by atoms with Crippen molar-refractivity contribution in [1.29, 1.82) is 0 Å². The van der Waals surface area contributed by atoms with Crippen molar-refractivity contribution in [1.82, 2.24) is 9.55 Å². The molecule has 2 aromatic heterocycles. The fourth-order valence-electron chi connectivity index (χ4n) is 9.48. The number of nitrogens with zero attached hydrogens (tertiary/aromatic N) is 1. The number of hydrogen-bond acceptors (Lipinski definition) is 0. The smallest absolute Gasteiger partial charge is 0.0546 e. The molecule has 0 spiro atoms. The van der Waals surface area contributed by atoms with Gasteiger partial charge in [0.05, 0.1) is 16.7 Å². The minimum Gasteiger partial charge on any atom is -0.354 e. The first kappa shape index (κ1) is 30.3. The highest BCUT2D eigenvalue weighted by Crippen LogP contribution is 2.49. The molecule has 9 aromatic carbocycles. The predicted octanol–water partition coefficient (Wildman–Crippen LogP) is 14.1. The zero-order chi connectivity index (χ0) is 36.0. The molecule has 256 valence electrons. The van der Waals surface area contributed by atoms with Crippen molar-refractivity contribution < 1.29 is 0 Å². The van der Waals surface area contributed by atoms with Gasteiger partial charge in [-0.2, -0.15) is 0 Å². The van der Waals surface area contributed by atoms with Gasteiger partial charge < -0.3 is 9.55 Å². The molecule has 1 aliphatic carbocycles. The largest absolute Gasteiger partial charge is 0.354 e. The van der Waals surface area contributed by atoms with Crippen molar-refractivity contribution in [3.8, 4) is 39.1 Å². The van der Waals surface area contributed by atoms with Gasteiger partial charge in [0.1, 0.15) is 0 Å². The lowest BCUT2D eigenvalue weighted by Gasteiger charge is -2.16. The third-order valence-corrected chi connectivity index (χ3v) is 12.0. The maximum Gasteiger partial charge on any atom is 0.0546 e. The van der Waals surface area contributed by atoms with Gasteiger partial charge in [-0.25, -0.2) is 0 Å². The fraction of sp³-hybridized carbons (Fsp3) is 0.0189. The quantitative estimate of drug-likeness (QED) is 0.189. The van der Waals surface area contributed by atoms with Crippen LogP contribution >= 0.6 is 0 Å². The Hall–Kier alpha value is -7.16. The van der Waals surface area contributed by atoms with Gasteiger partial charge in [0.25, 0.3) is 0 Å². The van der Waals surface area contributed by atoms with Crippen LogP contribution in [0.15, 0.2) is 194 Å². The molecule has 0 aliphatic heterocycles. The summed E-state index contributed by atoms with van der Waals surface area (Å²) in [5.74, 6) is 0.218. The summed E-state index contributed by atoms with van der Waals surface area (Å²) in [5, 5.41) is 7.47. The van der Waals surface area contributed by atoms with Crippen LogP contribution in [-0.2, 0) is 0 Å². The second-order valence-electron chi connectivity index (χ2n) is 15.0. The Balaban J connectivity index is 1.04. The van der Waals surface area contributed by atoms with E-state index in [0.29, 0.717) is 0 Å². The number of rotatable bonds is 4.